The molecular formula is C10H12ClFN2O2. The lowest BCUT2D eigenvalue weighted by molar-refractivity contribution is -0.126. The van der Waals surface area contributed by atoms with Crippen LogP contribution in [0.5, 0.6) is 0 Å². The minimum Gasteiger partial charge on any atom is -0.368 e. The molecule has 0 aliphatic rings. The highest BCUT2D eigenvalue weighted by Crippen LogP contribution is 2.19. The number of nitrogens with one attached hydrogen (secondary N) is 1. The quantitative estimate of drug-likeness (QED) is 0.775. The average Bonchev–Trinajstić information content (AvgIpc) is 2.21. The first-order valence-corrected chi connectivity index (χ1v) is 4.99. The van der Waals surface area contributed by atoms with Gasteiger partial charge >= 0.3 is 0 Å². The first-order chi connectivity index (χ1) is 7.50. The summed E-state index contributed by atoms with van der Waals surface area (Å²) in [5.41, 5.74) is 8.10. The maximum absolute atomic E-state index is 13.1. The van der Waals surface area contributed by atoms with Crippen LogP contribution in [-0.4, -0.2) is 12.5 Å². The highest BCUT2D eigenvalue weighted by atomic mass is 35.5. The molecule has 16 heavy (non-hydrogen) atoms. The molecule has 0 spiro atoms. The van der Waals surface area contributed by atoms with Gasteiger partial charge in [-0.25, -0.2) is 4.39 Å². The van der Waals surface area contributed by atoms with Crippen molar-refractivity contribution < 1.29 is 14.0 Å². The van der Waals surface area contributed by atoms with E-state index in [9.17, 15) is 9.18 Å². The van der Waals surface area contributed by atoms with Crippen LogP contribution in [0.2, 0.25) is 5.02 Å². The van der Waals surface area contributed by atoms with Gasteiger partial charge in [-0.2, -0.15) is 5.48 Å². The Morgan fingerprint density at radius 1 is 1.69 bits per heavy atom. The molecule has 1 atom stereocenters. The lowest BCUT2D eigenvalue weighted by Gasteiger charge is -2.13. The molecular weight excluding hydrogens is 235 g/mol. The third-order valence-corrected chi connectivity index (χ3v) is 2.22. The molecule has 0 aromatic heterocycles. The molecule has 0 bridgehead atoms. The third-order valence-electron chi connectivity index (χ3n) is 1.92. The molecule has 0 fully saturated rings. The molecule has 0 aliphatic heterocycles. The van der Waals surface area contributed by atoms with Crippen LogP contribution < -0.4 is 11.2 Å². The van der Waals surface area contributed by atoms with Crippen molar-refractivity contribution in [3.05, 3.63) is 34.6 Å². The molecule has 1 unspecified atom stereocenters. The molecule has 1 aromatic carbocycles. The summed E-state index contributed by atoms with van der Waals surface area (Å²) in [7, 11) is 0. The van der Waals surface area contributed by atoms with E-state index in [-0.39, 0.29) is 17.7 Å². The highest BCUT2D eigenvalue weighted by Gasteiger charge is 2.08. The molecule has 0 heterocycles. The summed E-state index contributed by atoms with van der Waals surface area (Å²) in [6.07, 6.45) is 0. The summed E-state index contributed by atoms with van der Waals surface area (Å²) in [5, 5.41) is 0.0639. The van der Waals surface area contributed by atoms with Gasteiger partial charge in [-0.15, -0.1) is 0 Å². The minimum atomic E-state index is -0.581. The zero-order valence-corrected chi connectivity index (χ0v) is 9.42. The van der Waals surface area contributed by atoms with Crippen molar-refractivity contribution in [3.8, 4) is 0 Å². The molecule has 1 amide bonds. The Morgan fingerprint density at radius 3 is 2.94 bits per heavy atom. The van der Waals surface area contributed by atoms with E-state index in [4.69, 9.17) is 22.2 Å². The molecule has 88 valence electrons. The fourth-order valence-corrected chi connectivity index (χ4v) is 1.21. The highest BCUT2D eigenvalue weighted by molar-refractivity contribution is 6.30. The van der Waals surface area contributed by atoms with Crippen LogP contribution in [-0.2, 0) is 9.63 Å². The van der Waals surface area contributed by atoms with Crippen LogP contribution in [0.15, 0.2) is 18.2 Å². The van der Waals surface area contributed by atoms with Gasteiger partial charge in [-0.3, -0.25) is 9.63 Å². The molecule has 0 aliphatic carbocycles. The Balaban J connectivity index is 2.55. The predicted molar refractivity (Wildman–Crippen MR) is 58.1 cm³/mol. The van der Waals surface area contributed by atoms with Crippen molar-refractivity contribution in [2.24, 2.45) is 5.73 Å². The van der Waals surface area contributed by atoms with Gasteiger partial charge in [0.15, 0.2) is 0 Å². The standard InChI is InChI=1S/C10H12ClFN2O2/c1-6(14-16-5-10(13)15)7-2-3-8(11)9(12)4-7/h2-4,6,14H,5H2,1H3,(H2,13,15). The van der Waals surface area contributed by atoms with Gasteiger partial charge < -0.3 is 5.73 Å². The number of carbonyl (C=O) groups excluding carboxylic acids is 1. The second kappa shape index (κ2) is 5.79. The van der Waals surface area contributed by atoms with Crippen LogP contribution in [0, 0.1) is 5.82 Å². The number of benzene rings is 1. The summed E-state index contributed by atoms with van der Waals surface area (Å²) >= 11 is 5.54. The number of carbonyl (C=O) groups is 1. The number of primary amides is 1. The summed E-state index contributed by atoms with van der Waals surface area (Å²) in [6, 6.07) is 4.15. The largest absolute Gasteiger partial charge is 0.368 e. The number of halogens is 2. The molecule has 0 saturated carbocycles. The number of hydroxylamine groups is 1. The maximum Gasteiger partial charge on any atom is 0.245 e. The first-order valence-electron chi connectivity index (χ1n) is 4.61. The predicted octanol–water partition coefficient (Wildman–Crippen LogP) is 1.55. The van der Waals surface area contributed by atoms with Crippen molar-refractivity contribution in [2.45, 2.75) is 13.0 Å². The van der Waals surface area contributed by atoms with E-state index < -0.39 is 11.7 Å². The van der Waals surface area contributed by atoms with Crippen molar-refractivity contribution >= 4 is 17.5 Å². The maximum atomic E-state index is 13.1. The lowest BCUT2D eigenvalue weighted by atomic mass is 10.1. The van der Waals surface area contributed by atoms with E-state index in [0.29, 0.717) is 5.56 Å². The molecule has 0 radical (unpaired) electrons. The summed E-state index contributed by atoms with van der Waals surface area (Å²) in [6.45, 7) is 1.52. The van der Waals surface area contributed by atoms with Crippen molar-refractivity contribution in [2.75, 3.05) is 6.61 Å². The van der Waals surface area contributed by atoms with E-state index in [1.165, 1.54) is 12.1 Å². The van der Waals surface area contributed by atoms with Gasteiger partial charge in [0, 0.05) is 0 Å². The van der Waals surface area contributed by atoms with Crippen molar-refractivity contribution in [3.63, 3.8) is 0 Å². The Hall–Kier alpha value is -1.17. The summed E-state index contributed by atoms with van der Waals surface area (Å²) < 4.78 is 13.1. The van der Waals surface area contributed by atoms with Gasteiger partial charge in [-0.05, 0) is 24.6 Å². The van der Waals surface area contributed by atoms with Crippen LogP contribution in [0.4, 0.5) is 4.39 Å². The summed E-state index contributed by atoms with van der Waals surface area (Å²) in [4.78, 5) is 15.2. The minimum absolute atomic E-state index is 0.0639. The normalized spacial score (nSPS) is 12.4. The number of nitrogens with two attached hydrogens (primary N) is 1. The Morgan fingerprint density at radius 2 is 2.38 bits per heavy atom. The van der Waals surface area contributed by atoms with Crippen LogP contribution in [0.1, 0.15) is 18.5 Å². The Kier molecular flexibility index (Phi) is 4.67. The Labute approximate surface area is 97.5 Å². The monoisotopic (exact) mass is 246 g/mol. The van der Waals surface area contributed by atoms with Crippen LogP contribution in [0.25, 0.3) is 0 Å². The van der Waals surface area contributed by atoms with Crippen molar-refractivity contribution in [1.82, 2.24) is 5.48 Å². The zero-order valence-electron chi connectivity index (χ0n) is 8.67. The van der Waals surface area contributed by atoms with E-state index in [1.807, 2.05) is 0 Å². The van der Waals surface area contributed by atoms with Crippen molar-refractivity contribution in [1.29, 1.82) is 0 Å². The fraction of sp³-hybridized carbons (Fsp3) is 0.300. The first kappa shape index (κ1) is 12.9. The lowest BCUT2D eigenvalue weighted by Crippen LogP contribution is -2.26. The summed E-state index contributed by atoms with van der Waals surface area (Å²) in [5.74, 6) is -1.08. The second-order valence-corrected chi connectivity index (χ2v) is 3.68. The number of hydrogen-bond acceptors (Lipinski definition) is 3. The van der Waals surface area contributed by atoms with Crippen LogP contribution in [0.3, 0.4) is 0 Å². The number of rotatable bonds is 5. The molecule has 3 N–H and O–H groups in total. The molecule has 6 heteroatoms. The van der Waals surface area contributed by atoms with E-state index in [2.05, 4.69) is 5.48 Å². The smallest absolute Gasteiger partial charge is 0.245 e. The van der Waals surface area contributed by atoms with Gasteiger partial charge in [-0.1, -0.05) is 17.7 Å². The van der Waals surface area contributed by atoms with E-state index in [1.54, 1.807) is 13.0 Å². The van der Waals surface area contributed by atoms with Gasteiger partial charge in [0.2, 0.25) is 5.91 Å². The zero-order chi connectivity index (χ0) is 12.1. The third kappa shape index (κ3) is 3.77. The molecule has 1 aromatic rings. The second-order valence-electron chi connectivity index (χ2n) is 3.27. The SMILES string of the molecule is CC(NOCC(N)=O)c1ccc(Cl)c(F)c1. The average molecular weight is 247 g/mol. The van der Waals surface area contributed by atoms with Gasteiger partial charge in [0.1, 0.15) is 12.4 Å². The van der Waals surface area contributed by atoms with E-state index >= 15 is 0 Å². The van der Waals surface area contributed by atoms with E-state index in [0.717, 1.165) is 0 Å². The molecule has 4 nitrogen and oxygen atoms in total. The van der Waals surface area contributed by atoms with Gasteiger partial charge in [0.25, 0.3) is 0 Å². The van der Waals surface area contributed by atoms with Crippen LogP contribution >= 0.6 is 11.6 Å². The molecule has 0 saturated heterocycles. The van der Waals surface area contributed by atoms with Gasteiger partial charge in [0.05, 0.1) is 11.1 Å². The number of amides is 1. The molecule has 1 rings (SSSR count). The fourth-order valence-electron chi connectivity index (χ4n) is 1.09. The Bertz CT molecular complexity index is 387. The number of hydrogen-bond donors (Lipinski definition) is 2. The topological polar surface area (TPSA) is 64.3 Å².